The maximum absolute atomic E-state index is 11.9. The molecule has 2 N–H and O–H groups in total. The predicted molar refractivity (Wildman–Crippen MR) is 76.9 cm³/mol. The molecule has 1 aromatic carbocycles. The molecule has 0 atom stereocenters. The van der Waals surface area contributed by atoms with Gasteiger partial charge in [-0.05, 0) is 45.7 Å². The lowest BCUT2D eigenvalue weighted by molar-refractivity contribution is -0.116. The molecule has 0 heterocycles. The van der Waals surface area contributed by atoms with Crippen LogP contribution in [0.1, 0.15) is 38.3 Å². The minimum absolute atomic E-state index is 0.0544. The summed E-state index contributed by atoms with van der Waals surface area (Å²) in [6.07, 6.45) is 0.491. The molecule has 3 nitrogen and oxygen atoms in total. The first kappa shape index (κ1) is 14.7. The summed E-state index contributed by atoms with van der Waals surface area (Å²) in [7, 11) is 0. The molecule has 0 fully saturated rings. The molecule has 100 valence electrons. The van der Waals surface area contributed by atoms with Crippen LogP contribution in [0.25, 0.3) is 0 Å². The maximum atomic E-state index is 11.9. The molecule has 0 aliphatic carbocycles. The van der Waals surface area contributed by atoms with Gasteiger partial charge in [-0.25, -0.2) is 0 Å². The molecule has 0 radical (unpaired) electrons. The summed E-state index contributed by atoms with van der Waals surface area (Å²) >= 11 is 0. The van der Waals surface area contributed by atoms with Gasteiger partial charge < -0.3 is 10.6 Å². The summed E-state index contributed by atoms with van der Waals surface area (Å²) in [6.45, 7) is 11.0. The van der Waals surface area contributed by atoms with Crippen molar-refractivity contribution in [3.05, 3.63) is 29.3 Å². The van der Waals surface area contributed by atoms with Gasteiger partial charge in [0, 0.05) is 24.2 Å². The molecule has 1 rings (SSSR count). The summed E-state index contributed by atoms with van der Waals surface area (Å²) in [5, 5.41) is 6.29. The van der Waals surface area contributed by atoms with Crippen LogP contribution < -0.4 is 10.6 Å². The summed E-state index contributed by atoms with van der Waals surface area (Å²) in [4.78, 5) is 11.9. The van der Waals surface area contributed by atoms with Crippen molar-refractivity contribution in [3.63, 3.8) is 0 Å². The Labute approximate surface area is 110 Å². The molecule has 0 saturated carbocycles. The summed E-state index contributed by atoms with van der Waals surface area (Å²) in [5.74, 6) is 0.0594. The van der Waals surface area contributed by atoms with E-state index in [1.54, 1.807) is 0 Å². The van der Waals surface area contributed by atoms with Crippen LogP contribution in [0.4, 0.5) is 5.69 Å². The predicted octanol–water partition coefficient (Wildman–Crippen LogP) is 3.02. The summed E-state index contributed by atoms with van der Waals surface area (Å²) < 4.78 is 0. The van der Waals surface area contributed by atoms with E-state index in [0.717, 1.165) is 16.8 Å². The highest BCUT2D eigenvalue weighted by Crippen LogP contribution is 2.19. The third kappa shape index (κ3) is 4.88. The van der Waals surface area contributed by atoms with Gasteiger partial charge in [0.1, 0.15) is 0 Å². The van der Waals surface area contributed by atoms with Crippen LogP contribution >= 0.6 is 0 Å². The first-order valence-corrected chi connectivity index (χ1v) is 6.41. The average Bonchev–Trinajstić information content (AvgIpc) is 2.22. The van der Waals surface area contributed by atoms with Crippen LogP contribution in [0.5, 0.6) is 0 Å². The Morgan fingerprint density at radius 3 is 2.22 bits per heavy atom. The Morgan fingerprint density at radius 2 is 1.72 bits per heavy atom. The number of rotatable bonds is 4. The number of carbonyl (C=O) groups is 1. The van der Waals surface area contributed by atoms with E-state index in [4.69, 9.17) is 0 Å². The van der Waals surface area contributed by atoms with Crippen LogP contribution in [-0.4, -0.2) is 18.0 Å². The van der Waals surface area contributed by atoms with E-state index >= 15 is 0 Å². The maximum Gasteiger partial charge on any atom is 0.225 e. The number of anilines is 1. The highest BCUT2D eigenvalue weighted by Gasteiger charge is 2.10. The van der Waals surface area contributed by atoms with Crippen LogP contribution in [0.15, 0.2) is 18.2 Å². The number of nitrogens with one attached hydrogen (secondary N) is 2. The Balaban J connectivity index is 2.50. The molecule has 3 heteroatoms. The Morgan fingerprint density at radius 1 is 1.17 bits per heavy atom. The average molecular weight is 248 g/mol. The Hall–Kier alpha value is -1.35. The highest BCUT2D eigenvalue weighted by atomic mass is 16.1. The second-order valence-electron chi connectivity index (χ2n) is 5.74. The molecule has 0 unspecified atom stereocenters. The zero-order valence-corrected chi connectivity index (χ0v) is 12.1. The van der Waals surface area contributed by atoms with E-state index < -0.39 is 0 Å². The molecule has 0 aliphatic heterocycles. The van der Waals surface area contributed by atoms with Gasteiger partial charge in [-0.15, -0.1) is 0 Å². The van der Waals surface area contributed by atoms with Gasteiger partial charge in [-0.1, -0.05) is 18.2 Å². The lowest BCUT2D eigenvalue weighted by atomic mass is 10.1. The lowest BCUT2D eigenvalue weighted by Crippen LogP contribution is -2.37. The van der Waals surface area contributed by atoms with Crippen LogP contribution in [0.3, 0.4) is 0 Å². The normalized spacial score (nSPS) is 11.4. The van der Waals surface area contributed by atoms with E-state index in [9.17, 15) is 4.79 Å². The highest BCUT2D eigenvalue weighted by molar-refractivity contribution is 5.92. The molecular weight excluding hydrogens is 224 g/mol. The minimum Gasteiger partial charge on any atom is -0.326 e. The van der Waals surface area contributed by atoms with Gasteiger partial charge in [0.2, 0.25) is 5.91 Å². The molecule has 1 amide bonds. The largest absolute Gasteiger partial charge is 0.326 e. The van der Waals surface area contributed by atoms with Gasteiger partial charge >= 0.3 is 0 Å². The standard InChI is InChI=1S/C15H24N2O/c1-11-7-6-8-12(2)14(11)17-13(18)9-10-16-15(3,4)5/h6-8,16H,9-10H2,1-5H3,(H,17,18). The molecule has 0 spiro atoms. The second-order valence-corrected chi connectivity index (χ2v) is 5.74. The van der Waals surface area contributed by atoms with Gasteiger partial charge in [-0.3, -0.25) is 4.79 Å². The van der Waals surface area contributed by atoms with Crippen molar-refractivity contribution in [2.45, 2.75) is 46.6 Å². The number of amides is 1. The topological polar surface area (TPSA) is 41.1 Å². The van der Waals surface area contributed by atoms with Crippen LogP contribution in [0.2, 0.25) is 0 Å². The van der Waals surface area contributed by atoms with Gasteiger partial charge in [0.15, 0.2) is 0 Å². The van der Waals surface area contributed by atoms with Crippen molar-refractivity contribution < 1.29 is 4.79 Å². The third-order valence-electron chi connectivity index (χ3n) is 2.75. The summed E-state index contributed by atoms with van der Waals surface area (Å²) in [5.41, 5.74) is 3.20. The summed E-state index contributed by atoms with van der Waals surface area (Å²) in [6, 6.07) is 6.02. The number of carbonyl (C=O) groups excluding carboxylic acids is 1. The Kier molecular flexibility index (Phi) is 4.91. The second kappa shape index (κ2) is 6.01. The molecule has 0 bridgehead atoms. The molecular formula is C15H24N2O. The zero-order valence-electron chi connectivity index (χ0n) is 12.1. The molecule has 18 heavy (non-hydrogen) atoms. The van der Waals surface area contributed by atoms with Crippen molar-refractivity contribution in [3.8, 4) is 0 Å². The number of para-hydroxylation sites is 1. The molecule has 1 aromatic rings. The van der Waals surface area contributed by atoms with E-state index in [1.165, 1.54) is 0 Å². The van der Waals surface area contributed by atoms with Crippen LogP contribution in [0, 0.1) is 13.8 Å². The third-order valence-corrected chi connectivity index (χ3v) is 2.75. The van der Waals surface area contributed by atoms with E-state index in [0.29, 0.717) is 13.0 Å². The van der Waals surface area contributed by atoms with E-state index in [-0.39, 0.29) is 11.4 Å². The van der Waals surface area contributed by atoms with Gasteiger partial charge in [0.25, 0.3) is 0 Å². The number of hydrogen-bond acceptors (Lipinski definition) is 2. The number of benzene rings is 1. The monoisotopic (exact) mass is 248 g/mol. The first-order chi connectivity index (χ1) is 8.29. The number of aryl methyl sites for hydroxylation is 2. The fourth-order valence-electron chi connectivity index (χ4n) is 1.76. The fraction of sp³-hybridized carbons (Fsp3) is 0.533. The van der Waals surface area contributed by atoms with Crippen molar-refractivity contribution in [2.24, 2.45) is 0 Å². The van der Waals surface area contributed by atoms with Gasteiger partial charge in [-0.2, -0.15) is 0 Å². The SMILES string of the molecule is Cc1cccc(C)c1NC(=O)CCNC(C)(C)C. The lowest BCUT2D eigenvalue weighted by Gasteiger charge is -2.20. The van der Waals surface area contributed by atoms with Crippen molar-refractivity contribution >= 4 is 11.6 Å². The van der Waals surface area contributed by atoms with E-state index in [1.807, 2.05) is 32.0 Å². The van der Waals surface area contributed by atoms with Gasteiger partial charge in [0.05, 0.1) is 0 Å². The van der Waals surface area contributed by atoms with Crippen molar-refractivity contribution in [1.29, 1.82) is 0 Å². The first-order valence-electron chi connectivity index (χ1n) is 6.41. The zero-order chi connectivity index (χ0) is 13.8. The quantitative estimate of drug-likeness (QED) is 0.860. The smallest absolute Gasteiger partial charge is 0.225 e. The van der Waals surface area contributed by atoms with Crippen molar-refractivity contribution in [2.75, 3.05) is 11.9 Å². The minimum atomic E-state index is 0.0544. The molecule has 0 aliphatic rings. The van der Waals surface area contributed by atoms with Crippen molar-refractivity contribution in [1.82, 2.24) is 5.32 Å². The Bertz CT molecular complexity index is 399. The molecule has 0 saturated heterocycles. The fourth-order valence-corrected chi connectivity index (χ4v) is 1.76. The van der Waals surface area contributed by atoms with E-state index in [2.05, 4.69) is 31.4 Å². The van der Waals surface area contributed by atoms with Crippen LogP contribution in [-0.2, 0) is 4.79 Å². The molecule has 0 aromatic heterocycles. The number of hydrogen-bond donors (Lipinski definition) is 2.